The number of anilines is 1. The van der Waals surface area contributed by atoms with Crippen molar-refractivity contribution in [1.29, 1.82) is 0 Å². The Bertz CT molecular complexity index is 912. The highest BCUT2D eigenvalue weighted by Crippen LogP contribution is 2.25. The predicted molar refractivity (Wildman–Crippen MR) is 98.0 cm³/mol. The van der Waals surface area contributed by atoms with Crippen molar-refractivity contribution in [2.45, 2.75) is 11.8 Å². The maximum absolute atomic E-state index is 13.6. The fourth-order valence-electron chi connectivity index (χ4n) is 2.18. The van der Waals surface area contributed by atoms with Crippen LogP contribution in [0.2, 0.25) is 0 Å². The van der Waals surface area contributed by atoms with Crippen LogP contribution in [0.15, 0.2) is 52.7 Å². The third-order valence-electron chi connectivity index (χ3n) is 3.31. The van der Waals surface area contributed by atoms with Crippen molar-refractivity contribution in [2.75, 3.05) is 11.1 Å². The summed E-state index contributed by atoms with van der Waals surface area (Å²) in [5, 5.41) is 5.72. The zero-order valence-electron chi connectivity index (χ0n) is 13.3. The van der Waals surface area contributed by atoms with Crippen LogP contribution in [0.1, 0.15) is 5.01 Å². The van der Waals surface area contributed by atoms with Gasteiger partial charge in [0, 0.05) is 27.6 Å². The first kappa shape index (κ1) is 17.6. The Balaban J connectivity index is 1.63. The molecule has 25 heavy (non-hydrogen) atoms. The molecule has 128 valence electrons. The Morgan fingerprint density at radius 3 is 2.80 bits per heavy atom. The average molecular weight is 376 g/mol. The smallest absolute Gasteiger partial charge is 0.234 e. The van der Waals surface area contributed by atoms with Gasteiger partial charge in [-0.3, -0.25) is 4.79 Å². The molecule has 3 rings (SSSR count). The Labute approximate surface area is 152 Å². The third-order valence-corrected chi connectivity index (χ3v) is 5.14. The maximum Gasteiger partial charge on any atom is 0.234 e. The van der Waals surface area contributed by atoms with E-state index in [0.29, 0.717) is 5.69 Å². The first-order valence-corrected chi connectivity index (χ1v) is 9.28. The Morgan fingerprint density at radius 2 is 2.08 bits per heavy atom. The summed E-state index contributed by atoms with van der Waals surface area (Å²) in [5.74, 6) is -1.54. The number of aromatic nitrogens is 1. The summed E-state index contributed by atoms with van der Waals surface area (Å²) in [4.78, 5) is 16.7. The molecule has 0 fully saturated rings. The van der Waals surface area contributed by atoms with Crippen LogP contribution < -0.4 is 5.32 Å². The highest BCUT2D eigenvalue weighted by Gasteiger charge is 2.09. The molecule has 0 aliphatic carbocycles. The van der Waals surface area contributed by atoms with Gasteiger partial charge in [0.25, 0.3) is 0 Å². The highest BCUT2D eigenvalue weighted by molar-refractivity contribution is 8.00. The largest absolute Gasteiger partial charge is 0.325 e. The summed E-state index contributed by atoms with van der Waals surface area (Å²) in [6.45, 7) is 1.94. The van der Waals surface area contributed by atoms with E-state index in [-0.39, 0.29) is 16.6 Å². The number of nitrogens with zero attached hydrogens (tertiary/aromatic N) is 1. The molecule has 7 heteroatoms. The number of benzene rings is 2. The van der Waals surface area contributed by atoms with E-state index in [9.17, 15) is 13.6 Å². The van der Waals surface area contributed by atoms with Crippen LogP contribution in [0, 0.1) is 18.6 Å². The van der Waals surface area contributed by atoms with E-state index in [2.05, 4.69) is 10.3 Å². The third kappa shape index (κ3) is 4.64. The van der Waals surface area contributed by atoms with E-state index in [1.54, 1.807) is 17.4 Å². The topological polar surface area (TPSA) is 42.0 Å². The van der Waals surface area contributed by atoms with Crippen molar-refractivity contribution in [3.05, 3.63) is 64.5 Å². The molecule has 0 radical (unpaired) electrons. The zero-order chi connectivity index (χ0) is 17.8. The average Bonchev–Trinajstić information content (AvgIpc) is 3.01. The van der Waals surface area contributed by atoms with Crippen molar-refractivity contribution >= 4 is 34.7 Å². The number of halogens is 2. The monoisotopic (exact) mass is 376 g/mol. The number of aryl methyl sites for hydroxylation is 1. The Morgan fingerprint density at radius 1 is 1.24 bits per heavy atom. The zero-order valence-corrected chi connectivity index (χ0v) is 14.9. The van der Waals surface area contributed by atoms with E-state index in [0.717, 1.165) is 34.1 Å². The number of rotatable bonds is 5. The molecule has 0 aliphatic rings. The van der Waals surface area contributed by atoms with Crippen LogP contribution in [0.5, 0.6) is 0 Å². The summed E-state index contributed by atoms with van der Waals surface area (Å²) < 4.78 is 26.5. The van der Waals surface area contributed by atoms with Gasteiger partial charge in [0.1, 0.15) is 11.6 Å². The van der Waals surface area contributed by atoms with Crippen molar-refractivity contribution < 1.29 is 13.6 Å². The molecule has 0 bridgehead atoms. The van der Waals surface area contributed by atoms with Crippen LogP contribution in [-0.2, 0) is 4.79 Å². The lowest BCUT2D eigenvalue weighted by Crippen LogP contribution is -2.14. The maximum atomic E-state index is 13.6. The number of thioether (sulfide) groups is 1. The van der Waals surface area contributed by atoms with E-state index in [1.165, 1.54) is 12.1 Å². The van der Waals surface area contributed by atoms with E-state index >= 15 is 0 Å². The van der Waals surface area contributed by atoms with Gasteiger partial charge in [-0.1, -0.05) is 12.1 Å². The number of thiazole rings is 1. The van der Waals surface area contributed by atoms with Crippen LogP contribution in [-0.4, -0.2) is 16.6 Å². The van der Waals surface area contributed by atoms with Gasteiger partial charge in [-0.15, -0.1) is 23.1 Å². The summed E-state index contributed by atoms with van der Waals surface area (Å²) in [6, 6.07) is 10.7. The quantitative estimate of drug-likeness (QED) is 0.628. The molecule has 0 saturated carbocycles. The molecule has 0 spiro atoms. The highest BCUT2D eigenvalue weighted by atomic mass is 32.2. The molecule has 3 aromatic rings. The van der Waals surface area contributed by atoms with Crippen LogP contribution >= 0.6 is 23.1 Å². The Hall–Kier alpha value is -2.25. The van der Waals surface area contributed by atoms with Crippen molar-refractivity contribution in [2.24, 2.45) is 0 Å². The SMILES string of the molecule is Cc1nc(-c2cccc(NC(=O)CSc3ccc(F)cc3F)c2)cs1. The van der Waals surface area contributed by atoms with Gasteiger partial charge in [-0.25, -0.2) is 13.8 Å². The number of carbonyl (C=O) groups is 1. The van der Waals surface area contributed by atoms with E-state index < -0.39 is 11.6 Å². The molecule has 0 atom stereocenters. The van der Waals surface area contributed by atoms with Gasteiger partial charge in [-0.2, -0.15) is 0 Å². The van der Waals surface area contributed by atoms with E-state index in [4.69, 9.17) is 0 Å². The molecular formula is C18H14F2N2OS2. The number of hydrogen-bond acceptors (Lipinski definition) is 4. The number of amides is 1. The second-order valence-corrected chi connectivity index (χ2v) is 7.32. The molecule has 1 N–H and O–H groups in total. The first-order chi connectivity index (χ1) is 12.0. The molecule has 0 unspecified atom stereocenters. The van der Waals surface area contributed by atoms with Gasteiger partial charge >= 0.3 is 0 Å². The second kappa shape index (κ2) is 7.76. The predicted octanol–water partition coefficient (Wildman–Crippen LogP) is 5.13. The van der Waals surface area contributed by atoms with Crippen molar-refractivity contribution in [3.63, 3.8) is 0 Å². The normalized spacial score (nSPS) is 10.7. The lowest BCUT2D eigenvalue weighted by atomic mass is 10.1. The molecule has 1 heterocycles. The fourth-order valence-corrected chi connectivity index (χ4v) is 3.53. The van der Waals surface area contributed by atoms with E-state index in [1.807, 2.05) is 30.5 Å². The minimum absolute atomic E-state index is 0.0303. The number of hydrogen-bond donors (Lipinski definition) is 1. The fraction of sp³-hybridized carbons (Fsp3) is 0.111. The van der Waals surface area contributed by atoms with Crippen LogP contribution in [0.4, 0.5) is 14.5 Å². The number of nitrogens with one attached hydrogen (secondary N) is 1. The molecular weight excluding hydrogens is 362 g/mol. The summed E-state index contributed by atoms with van der Waals surface area (Å²) in [7, 11) is 0. The minimum Gasteiger partial charge on any atom is -0.325 e. The standard InChI is InChI=1S/C18H14F2N2OS2/c1-11-21-16(9-24-11)12-3-2-4-14(7-12)22-18(23)10-25-17-6-5-13(19)8-15(17)20/h2-9H,10H2,1H3,(H,22,23). The molecule has 1 aromatic heterocycles. The second-order valence-electron chi connectivity index (χ2n) is 5.24. The van der Waals surface area contributed by atoms with Gasteiger partial charge in [0.2, 0.25) is 5.91 Å². The molecule has 1 amide bonds. The first-order valence-electron chi connectivity index (χ1n) is 7.41. The molecule has 0 saturated heterocycles. The lowest BCUT2D eigenvalue weighted by molar-refractivity contribution is -0.113. The van der Waals surface area contributed by atoms with Crippen molar-refractivity contribution in [1.82, 2.24) is 4.98 Å². The molecule has 3 nitrogen and oxygen atoms in total. The van der Waals surface area contributed by atoms with Gasteiger partial charge in [-0.05, 0) is 31.2 Å². The Kier molecular flexibility index (Phi) is 5.45. The van der Waals surface area contributed by atoms with Gasteiger partial charge in [0.15, 0.2) is 0 Å². The number of carbonyl (C=O) groups excluding carboxylic acids is 1. The summed E-state index contributed by atoms with van der Waals surface area (Å²) in [5.41, 5.74) is 2.43. The molecule has 0 aliphatic heterocycles. The van der Waals surface area contributed by atoms with Crippen LogP contribution in [0.3, 0.4) is 0 Å². The molecule has 2 aromatic carbocycles. The van der Waals surface area contributed by atoms with Crippen LogP contribution in [0.25, 0.3) is 11.3 Å². The van der Waals surface area contributed by atoms with Gasteiger partial charge in [0.05, 0.1) is 16.5 Å². The minimum atomic E-state index is -0.668. The van der Waals surface area contributed by atoms with Gasteiger partial charge < -0.3 is 5.32 Å². The van der Waals surface area contributed by atoms with Crippen molar-refractivity contribution in [3.8, 4) is 11.3 Å². The lowest BCUT2D eigenvalue weighted by Gasteiger charge is -2.07. The summed E-state index contributed by atoms with van der Waals surface area (Å²) >= 11 is 2.59. The summed E-state index contributed by atoms with van der Waals surface area (Å²) in [6.07, 6.45) is 0.